The maximum atomic E-state index is 12.0. The number of anilines is 2. The molecule has 1 amide bonds. The first-order chi connectivity index (χ1) is 8.93. The fourth-order valence-corrected chi connectivity index (χ4v) is 2.43. The van der Waals surface area contributed by atoms with Gasteiger partial charge in [0.05, 0.1) is 5.25 Å². The van der Waals surface area contributed by atoms with E-state index in [9.17, 15) is 4.79 Å². The number of aryl methyl sites for hydroxylation is 1. The lowest BCUT2D eigenvalue weighted by Crippen LogP contribution is -2.24. The Hall–Kier alpha value is -1.20. The maximum Gasteiger partial charge on any atom is 0.237 e. The number of thioether (sulfide) groups is 1. The second-order valence-corrected chi connectivity index (χ2v) is 6.20. The average molecular weight is 282 g/mol. The molecule has 0 aromatic heterocycles. The third-order valence-corrected chi connectivity index (χ3v) is 4.30. The van der Waals surface area contributed by atoms with Crippen molar-refractivity contribution in [2.75, 3.05) is 23.4 Å². The zero-order chi connectivity index (χ0) is 14.4. The number of aliphatic hydroxyl groups is 1. The van der Waals surface area contributed by atoms with Crippen molar-refractivity contribution in [3.05, 3.63) is 23.8 Å². The van der Waals surface area contributed by atoms with Gasteiger partial charge in [0, 0.05) is 18.0 Å². The number of amides is 1. The molecule has 0 saturated heterocycles. The summed E-state index contributed by atoms with van der Waals surface area (Å²) in [6, 6.07) is 5.42. The first kappa shape index (κ1) is 15.9. The number of nitrogens with two attached hydrogens (primary N) is 1. The molecule has 4 nitrogen and oxygen atoms in total. The van der Waals surface area contributed by atoms with Crippen LogP contribution in [0.1, 0.15) is 19.4 Å². The van der Waals surface area contributed by atoms with Crippen LogP contribution in [0, 0.1) is 12.8 Å². The summed E-state index contributed by atoms with van der Waals surface area (Å²) < 4.78 is 0. The van der Waals surface area contributed by atoms with E-state index in [1.165, 1.54) is 0 Å². The molecule has 106 valence electrons. The van der Waals surface area contributed by atoms with Gasteiger partial charge in [0.15, 0.2) is 0 Å². The zero-order valence-electron chi connectivity index (χ0n) is 11.6. The van der Waals surface area contributed by atoms with E-state index in [2.05, 4.69) is 5.32 Å². The maximum absolute atomic E-state index is 12.0. The molecule has 1 aromatic rings. The second-order valence-electron chi connectivity index (χ2n) is 4.83. The van der Waals surface area contributed by atoms with Crippen molar-refractivity contribution in [3.63, 3.8) is 0 Å². The molecule has 0 radical (unpaired) electrons. The zero-order valence-corrected chi connectivity index (χ0v) is 12.5. The topological polar surface area (TPSA) is 75.3 Å². The predicted molar refractivity (Wildman–Crippen MR) is 82.4 cm³/mol. The fourth-order valence-electron chi connectivity index (χ4n) is 1.50. The van der Waals surface area contributed by atoms with Crippen LogP contribution in [0.15, 0.2) is 18.2 Å². The van der Waals surface area contributed by atoms with Crippen molar-refractivity contribution >= 4 is 29.0 Å². The summed E-state index contributed by atoms with van der Waals surface area (Å²) >= 11 is 1.55. The lowest BCUT2D eigenvalue weighted by Gasteiger charge is -2.15. The van der Waals surface area contributed by atoms with Crippen molar-refractivity contribution in [1.82, 2.24) is 0 Å². The lowest BCUT2D eigenvalue weighted by atomic mass is 10.2. The Kier molecular flexibility index (Phi) is 6.18. The van der Waals surface area contributed by atoms with E-state index in [1.54, 1.807) is 17.8 Å². The molecule has 19 heavy (non-hydrogen) atoms. The first-order valence-electron chi connectivity index (χ1n) is 6.33. The normalized spacial score (nSPS) is 13.9. The van der Waals surface area contributed by atoms with Crippen LogP contribution in [0.25, 0.3) is 0 Å². The summed E-state index contributed by atoms with van der Waals surface area (Å²) in [5.41, 5.74) is 8.11. The molecular weight excluding hydrogens is 260 g/mol. The van der Waals surface area contributed by atoms with Gasteiger partial charge in [0.25, 0.3) is 0 Å². The minimum atomic E-state index is -0.147. The Bertz CT molecular complexity index is 437. The number of carbonyl (C=O) groups is 1. The van der Waals surface area contributed by atoms with Gasteiger partial charge in [-0.15, -0.1) is 11.8 Å². The second kappa shape index (κ2) is 7.40. The van der Waals surface area contributed by atoms with E-state index in [0.717, 1.165) is 17.0 Å². The van der Waals surface area contributed by atoms with E-state index in [-0.39, 0.29) is 23.7 Å². The quantitative estimate of drug-likeness (QED) is 0.700. The molecule has 1 rings (SSSR count). The smallest absolute Gasteiger partial charge is 0.237 e. The van der Waals surface area contributed by atoms with Gasteiger partial charge in [-0.25, -0.2) is 0 Å². The summed E-state index contributed by atoms with van der Waals surface area (Å²) in [6.45, 7) is 5.90. The minimum Gasteiger partial charge on any atom is -0.399 e. The highest BCUT2D eigenvalue weighted by Crippen LogP contribution is 2.20. The number of hydrogen-bond donors (Lipinski definition) is 3. The third-order valence-electron chi connectivity index (χ3n) is 2.82. The fraction of sp³-hybridized carbons (Fsp3) is 0.500. The lowest BCUT2D eigenvalue weighted by molar-refractivity contribution is -0.115. The van der Waals surface area contributed by atoms with Crippen LogP contribution in [-0.4, -0.2) is 28.6 Å². The van der Waals surface area contributed by atoms with E-state index in [1.807, 2.05) is 32.9 Å². The number of rotatable bonds is 6. The van der Waals surface area contributed by atoms with Gasteiger partial charge in [0.2, 0.25) is 5.91 Å². The summed E-state index contributed by atoms with van der Waals surface area (Å²) in [5, 5.41) is 11.7. The average Bonchev–Trinajstić information content (AvgIpc) is 2.38. The molecule has 1 aromatic carbocycles. The Morgan fingerprint density at radius 1 is 1.47 bits per heavy atom. The van der Waals surface area contributed by atoms with Crippen LogP contribution in [0.5, 0.6) is 0 Å². The number of hydrogen-bond acceptors (Lipinski definition) is 4. The van der Waals surface area contributed by atoms with Crippen LogP contribution in [-0.2, 0) is 4.79 Å². The van der Waals surface area contributed by atoms with E-state index in [4.69, 9.17) is 10.8 Å². The largest absolute Gasteiger partial charge is 0.399 e. The molecule has 2 atom stereocenters. The number of carbonyl (C=O) groups excluding carboxylic acids is 1. The number of aliphatic hydroxyl groups excluding tert-OH is 1. The van der Waals surface area contributed by atoms with Crippen LogP contribution in [0.4, 0.5) is 11.4 Å². The molecule has 0 fully saturated rings. The molecule has 5 heteroatoms. The SMILES string of the molecule is Cc1cc(N)ccc1NC(=O)C(C)SCC(C)CO. The van der Waals surface area contributed by atoms with E-state index >= 15 is 0 Å². The molecule has 0 spiro atoms. The van der Waals surface area contributed by atoms with Crippen LogP contribution in [0.3, 0.4) is 0 Å². The van der Waals surface area contributed by atoms with Gasteiger partial charge < -0.3 is 16.2 Å². The van der Waals surface area contributed by atoms with Crippen molar-refractivity contribution < 1.29 is 9.90 Å². The molecule has 0 aliphatic carbocycles. The highest BCUT2D eigenvalue weighted by Gasteiger charge is 2.15. The van der Waals surface area contributed by atoms with Crippen LogP contribution in [0.2, 0.25) is 0 Å². The summed E-state index contributed by atoms with van der Waals surface area (Å²) in [6.07, 6.45) is 0. The van der Waals surface area contributed by atoms with Crippen LogP contribution >= 0.6 is 11.8 Å². The number of benzene rings is 1. The van der Waals surface area contributed by atoms with Gasteiger partial charge >= 0.3 is 0 Å². The highest BCUT2D eigenvalue weighted by atomic mass is 32.2. The molecule has 0 aliphatic heterocycles. The monoisotopic (exact) mass is 282 g/mol. The number of nitrogens with one attached hydrogen (secondary N) is 1. The Balaban J connectivity index is 2.54. The molecule has 0 aliphatic rings. The van der Waals surface area contributed by atoms with Crippen molar-refractivity contribution in [3.8, 4) is 0 Å². The predicted octanol–water partition coefficient (Wildman–Crippen LogP) is 2.27. The first-order valence-corrected chi connectivity index (χ1v) is 7.38. The standard InChI is InChI=1S/C14H22N2O2S/c1-9(7-17)8-19-11(3)14(18)16-13-5-4-12(15)6-10(13)2/h4-6,9,11,17H,7-8,15H2,1-3H3,(H,16,18). The molecule has 0 saturated carbocycles. The molecular formula is C14H22N2O2S. The summed E-state index contributed by atoms with van der Waals surface area (Å²) in [4.78, 5) is 12.0. The van der Waals surface area contributed by atoms with Crippen molar-refractivity contribution in [2.45, 2.75) is 26.0 Å². The van der Waals surface area contributed by atoms with Gasteiger partial charge in [0.1, 0.15) is 0 Å². The van der Waals surface area contributed by atoms with E-state index < -0.39 is 0 Å². The molecule has 0 heterocycles. The van der Waals surface area contributed by atoms with Gasteiger partial charge in [-0.2, -0.15) is 0 Å². The Morgan fingerprint density at radius 2 is 2.16 bits per heavy atom. The van der Waals surface area contributed by atoms with Gasteiger partial charge in [-0.3, -0.25) is 4.79 Å². The Labute approximate surface area is 118 Å². The number of nitrogen functional groups attached to an aromatic ring is 1. The molecule has 0 bridgehead atoms. The summed E-state index contributed by atoms with van der Waals surface area (Å²) in [7, 11) is 0. The van der Waals surface area contributed by atoms with Gasteiger partial charge in [-0.1, -0.05) is 6.92 Å². The molecule has 2 unspecified atom stereocenters. The minimum absolute atomic E-state index is 0.0250. The van der Waals surface area contributed by atoms with Crippen molar-refractivity contribution in [1.29, 1.82) is 0 Å². The molecule has 4 N–H and O–H groups in total. The van der Waals surface area contributed by atoms with E-state index in [0.29, 0.717) is 5.69 Å². The van der Waals surface area contributed by atoms with Crippen LogP contribution < -0.4 is 11.1 Å². The third kappa shape index (κ3) is 5.12. The van der Waals surface area contributed by atoms with Crippen molar-refractivity contribution in [2.24, 2.45) is 5.92 Å². The highest BCUT2D eigenvalue weighted by molar-refractivity contribution is 8.00. The Morgan fingerprint density at radius 3 is 2.74 bits per heavy atom. The van der Waals surface area contributed by atoms with Gasteiger partial charge in [-0.05, 0) is 49.3 Å². The summed E-state index contributed by atoms with van der Waals surface area (Å²) in [5.74, 6) is 0.952.